The summed E-state index contributed by atoms with van der Waals surface area (Å²) in [4.78, 5) is 28.3. The first-order chi connectivity index (χ1) is 21.2. The van der Waals surface area contributed by atoms with Gasteiger partial charge in [0.2, 0.25) is 5.91 Å². The zero-order valence-electron chi connectivity index (χ0n) is 24.1. The first-order valence-electron chi connectivity index (χ1n) is 14.6. The minimum atomic E-state index is -4.79. The molecule has 4 aromatic carbocycles. The van der Waals surface area contributed by atoms with E-state index in [0.717, 1.165) is 41.7 Å². The normalized spacial score (nSPS) is 13.9. The first-order valence-corrected chi connectivity index (χ1v) is 14.6. The zero-order chi connectivity index (χ0) is 31.1. The molecule has 0 aromatic heterocycles. The van der Waals surface area contributed by atoms with Crippen molar-refractivity contribution in [3.63, 3.8) is 0 Å². The molecule has 228 valence electrons. The molecule has 1 unspecified atom stereocenters. The Morgan fingerprint density at radius 3 is 2.14 bits per heavy atom. The summed E-state index contributed by atoms with van der Waals surface area (Å²) in [7, 11) is 0. The molecular weight excluding hydrogens is 567 g/mol. The molecule has 0 saturated carbocycles. The van der Waals surface area contributed by atoms with E-state index < -0.39 is 35.0 Å². The van der Waals surface area contributed by atoms with Gasteiger partial charge in [-0.15, -0.1) is 0 Å². The number of anilines is 1. The van der Waals surface area contributed by atoms with E-state index in [0.29, 0.717) is 24.4 Å². The number of rotatable bonds is 10. The van der Waals surface area contributed by atoms with Crippen LogP contribution in [0, 0.1) is 0 Å². The molecule has 0 spiro atoms. The predicted octanol–water partition coefficient (Wildman–Crippen LogP) is 6.94. The van der Waals surface area contributed by atoms with Gasteiger partial charge in [-0.3, -0.25) is 9.59 Å². The quantitative estimate of drug-likeness (QED) is 0.206. The van der Waals surface area contributed by atoms with Crippen molar-refractivity contribution in [1.29, 1.82) is 0 Å². The molecule has 0 aliphatic carbocycles. The molecule has 6 nitrogen and oxygen atoms in total. The first kappa shape index (κ1) is 30.8. The number of halogens is 3. The molecule has 0 radical (unpaired) electrons. The Morgan fingerprint density at radius 1 is 0.841 bits per heavy atom. The lowest BCUT2D eigenvalue weighted by Gasteiger charge is -2.23. The number of carbonyl (C=O) groups excluding carboxylic acids is 2. The van der Waals surface area contributed by atoms with Crippen LogP contribution >= 0.6 is 0 Å². The lowest BCUT2D eigenvalue weighted by molar-refractivity contribution is -0.138. The highest BCUT2D eigenvalue weighted by Gasteiger charge is 2.37. The Morgan fingerprint density at radius 2 is 1.50 bits per heavy atom. The third kappa shape index (κ3) is 7.47. The highest BCUT2D eigenvalue weighted by atomic mass is 19.4. The Bertz CT molecular complexity index is 1590. The Labute approximate surface area is 254 Å². The minimum absolute atomic E-state index is 0.0555. The van der Waals surface area contributed by atoms with Crippen molar-refractivity contribution in [2.45, 2.75) is 44.5 Å². The zero-order valence-corrected chi connectivity index (χ0v) is 24.1. The van der Waals surface area contributed by atoms with E-state index in [1.54, 1.807) is 6.07 Å². The molecule has 1 aliphatic heterocycles. The molecule has 3 N–H and O–H groups in total. The molecule has 9 heteroatoms. The van der Waals surface area contributed by atoms with E-state index >= 15 is 0 Å². The van der Waals surface area contributed by atoms with Crippen LogP contribution in [0.2, 0.25) is 0 Å². The standard InChI is InChI=1S/C35H34F3N3O3/c36-35(37,38)31-21-27(14-15-28(31)34(43)41-17-7-8-18-41)40-33(42)30(19-24-9-3-1-4-10-24)29-20-26(22-39)13-16-32(29)44-23-25-11-5-2-6-12-25/h1-6,9-16,20-21,30H,7-8,17-19,22-23,39H2,(H,40,42). The lowest BCUT2D eigenvalue weighted by Crippen LogP contribution is -2.30. The van der Waals surface area contributed by atoms with Crippen LogP contribution in [0.15, 0.2) is 97.1 Å². The van der Waals surface area contributed by atoms with E-state index in [2.05, 4.69) is 5.32 Å². The number of benzene rings is 4. The summed E-state index contributed by atoms with van der Waals surface area (Å²) in [6.07, 6.45) is -3.01. The third-order valence-corrected chi connectivity index (χ3v) is 7.74. The number of carbonyl (C=O) groups is 2. The molecule has 1 fully saturated rings. The van der Waals surface area contributed by atoms with Crippen molar-refractivity contribution in [2.24, 2.45) is 5.73 Å². The maximum absolute atomic E-state index is 14.2. The van der Waals surface area contributed by atoms with Gasteiger partial charge in [0.1, 0.15) is 12.4 Å². The summed E-state index contributed by atoms with van der Waals surface area (Å²) in [5, 5.41) is 2.70. The number of hydrogen-bond acceptors (Lipinski definition) is 4. The second kappa shape index (κ2) is 13.8. The van der Waals surface area contributed by atoms with Crippen LogP contribution in [0.5, 0.6) is 5.75 Å². The third-order valence-electron chi connectivity index (χ3n) is 7.74. The maximum atomic E-state index is 14.2. The van der Waals surface area contributed by atoms with Crippen LogP contribution in [-0.4, -0.2) is 29.8 Å². The van der Waals surface area contributed by atoms with Gasteiger partial charge in [-0.2, -0.15) is 13.2 Å². The minimum Gasteiger partial charge on any atom is -0.489 e. The van der Waals surface area contributed by atoms with Gasteiger partial charge in [0.25, 0.3) is 5.91 Å². The smallest absolute Gasteiger partial charge is 0.417 e. The molecule has 44 heavy (non-hydrogen) atoms. The van der Waals surface area contributed by atoms with Crippen LogP contribution in [0.4, 0.5) is 18.9 Å². The van der Waals surface area contributed by atoms with Crippen molar-refractivity contribution in [3.05, 3.63) is 130 Å². The maximum Gasteiger partial charge on any atom is 0.417 e. The molecule has 4 aromatic rings. The topological polar surface area (TPSA) is 84.7 Å². The van der Waals surface area contributed by atoms with Crippen LogP contribution in [-0.2, 0) is 30.5 Å². The fourth-order valence-corrected chi connectivity index (χ4v) is 5.42. The van der Waals surface area contributed by atoms with E-state index in [1.807, 2.05) is 72.8 Å². The summed E-state index contributed by atoms with van der Waals surface area (Å²) in [5.74, 6) is -1.52. The monoisotopic (exact) mass is 601 g/mol. The van der Waals surface area contributed by atoms with E-state index in [1.165, 1.54) is 11.0 Å². The number of nitrogens with zero attached hydrogens (tertiary/aromatic N) is 1. The highest BCUT2D eigenvalue weighted by molar-refractivity contribution is 5.99. The van der Waals surface area contributed by atoms with Gasteiger partial charge < -0.3 is 20.7 Å². The molecule has 1 saturated heterocycles. The molecule has 0 bridgehead atoms. The summed E-state index contributed by atoms with van der Waals surface area (Å²) in [5.41, 5.74) is 7.54. The molecule has 2 amide bonds. The number of nitrogens with two attached hydrogens (primary N) is 1. The van der Waals surface area contributed by atoms with Gasteiger partial charge in [0.05, 0.1) is 17.0 Å². The Hall–Kier alpha value is -4.63. The van der Waals surface area contributed by atoms with Crippen molar-refractivity contribution in [3.8, 4) is 5.75 Å². The van der Waals surface area contributed by atoms with Gasteiger partial charge >= 0.3 is 6.18 Å². The van der Waals surface area contributed by atoms with Crippen LogP contribution in [0.1, 0.15) is 56.9 Å². The predicted molar refractivity (Wildman–Crippen MR) is 163 cm³/mol. The fraction of sp³-hybridized carbons (Fsp3) is 0.257. The molecular formula is C35H34F3N3O3. The molecule has 1 atom stereocenters. The number of likely N-dealkylation sites (tertiary alicyclic amines) is 1. The van der Waals surface area contributed by atoms with E-state index in [-0.39, 0.29) is 25.3 Å². The van der Waals surface area contributed by atoms with Crippen molar-refractivity contribution in [1.82, 2.24) is 4.90 Å². The van der Waals surface area contributed by atoms with Gasteiger partial charge in [0, 0.05) is 30.9 Å². The molecule has 5 rings (SSSR count). The Kier molecular flexibility index (Phi) is 9.65. The average molecular weight is 602 g/mol. The van der Waals surface area contributed by atoms with E-state index in [9.17, 15) is 22.8 Å². The van der Waals surface area contributed by atoms with E-state index in [4.69, 9.17) is 10.5 Å². The van der Waals surface area contributed by atoms with Gasteiger partial charge in [-0.25, -0.2) is 0 Å². The highest BCUT2D eigenvalue weighted by Crippen LogP contribution is 2.36. The summed E-state index contributed by atoms with van der Waals surface area (Å²) < 4.78 is 48.7. The molecule has 1 aliphatic rings. The summed E-state index contributed by atoms with van der Waals surface area (Å²) >= 11 is 0. The second-order valence-corrected chi connectivity index (χ2v) is 10.8. The van der Waals surface area contributed by atoms with Crippen molar-refractivity contribution >= 4 is 17.5 Å². The average Bonchev–Trinajstić information content (AvgIpc) is 3.58. The molecule has 1 heterocycles. The van der Waals surface area contributed by atoms with Crippen LogP contribution in [0.3, 0.4) is 0 Å². The van der Waals surface area contributed by atoms with Gasteiger partial charge in [0.15, 0.2) is 0 Å². The van der Waals surface area contributed by atoms with Crippen LogP contribution in [0.25, 0.3) is 0 Å². The Balaban J connectivity index is 1.49. The number of ether oxygens (including phenoxy) is 1. The SMILES string of the molecule is NCc1ccc(OCc2ccccc2)c(C(Cc2ccccc2)C(=O)Nc2ccc(C(=O)N3CCCC3)c(C(F)(F)F)c2)c1. The lowest BCUT2D eigenvalue weighted by atomic mass is 9.89. The number of amides is 2. The second-order valence-electron chi connectivity index (χ2n) is 10.8. The van der Waals surface area contributed by atoms with Gasteiger partial charge in [-0.05, 0) is 60.2 Å². The van der Waals surface area contributed by atoms with Crippen LogP contribution < -0.4 is 15.8 Å². The number of alkyl halides is 3. The fourth-order valence-electron chi connectivity index (χ4n) is 5.42. The van der Waals surface area contributed by atoms with Crippen molar-refractivity contribution < 1.29 is 27.5 Å². The summed E-state index contributed by atoms with van der Waals surface area (Å²) in [6, 6.07) is 27.7. The largest absolute Gasteiger partial charge is 0.489 e. The summed E-state index contributed by atoms with van der Waals surface area (Å²) in [6.45, 7) is 1.34. The number of nitrogens with one attached hydrogen (secondary N) is 1. The van der Waals surface area contributed by atoms with Gasteiger partial charge in [-0.1, -0.05) is 72.8 Å². The van der Waals surface area contributed by atoms with Crippen molar-refractivity contribution in [2.75, 3.05) is 18.4 Å². The number of hydrogen-bond donors (Lipinski definition) is 2.